The van der Waals surface area contributed by atoms with E-state index in [-0.39, 0.29) is 30.7 Å². The van der Waals surface area contributed by atoms with Crippen LogP contribution in [0.15, 0.2) is 48.5 Å². The van der Waals surface area contributed by atoms with Gasteiger partial charge in [-0.1, -0.05) is 19.1 Å². The molecule has 2 aromatic rings. The number of halogens is 1. The average molecular weight is 330 g/mol. The van der Waals surface area contributed by atoms with Crippen LogP contribution in [-0.4, -0.2) is 31.2 Å². The zero-order valence-electron chi connectivity index (χ0n) is 14.0. The topological polar surface area (TPSA) is 52.6 Å². The van der Waals surface area contributed by atoms with E-state index in [1.807, 2.05) is 49.2 Å². The molecule has 0 saturated carbocycles. The van der Waals surface area contributed by atoms with Crippen molar-refractivity contribution in [3.63, 3.8) is 0 Å². The number of hydrogen-bond donors (Lipinski definition) is 2. The predicted molar refractivity (Wildman–Crippen MR) is 94.9 cm³/mol. The summed E-state index contributed by atoms with van der Waals surface area (Å²) >= 11 is 0. The monoisotopic (exact) mass is 330 g/mol. The summed E-state index contributed by atoms with van der Waals surface area (Å²) in [6.07, 6.45) is 0.287. The molecule has 0 fully saturated rings. The van der Waals surface area contributed by atoms with Crippen LogP contribution in [0, 0.1) is 5.82 Å². The highest BCUT2D eigenvalue weighted by Crippen LogP contribution is 2.21. The van der Waals surface area contributed by atoms with Gasteiger partial charge >= 0.3 is 0 Å². The van der Waals surface area contributed by atoms with Gasteiger partial charge in [-0.05, 0) is 47.9 Å². The van der Waals surface area contributed by atoms with Gasteiger partial charge in [-0.25, -0.2) is 4.39 Å². The molecule has 24 heavy (non-hydrogen) atoms. The molecule has 0 aromatic heterocycles. The van der Waals surface area contributed by atoms with Gasteiger partial charge in [-0.15, -0.1) is 0 Å². The summed E-state index contributed by atoms with van der Waals surface area (Å²) in [6, 6.07) is 13.8. The van der Waals surface area contributed by atoms with Crippen LogP contribution in [-0.2, 0) is 4.79 Å². The second-order valence-electron chi connectivity index (χ2n) is 5.90. The Kier molecular flexibility index (Phi) is 6.32. The Labute approximate surface area is 141 Å². The number of anilines is 2. The van der Waals surface area contributed by atoms with E-state index in [9.17, 15) is 9.18 Å². The highest BCUT2D eigenvalue weighted by Gasteiger charge is 2.12. The Balaban J connectivity index is 1.92. The van der Waals surface area contributed by atoms with Crippen LogP contribution < -0.4 is 10.2 Å². The Morgan fingerprint density at radius 2 is 1.96 bits per heavy atom. The average Bonchev–Trinajstić information content (AvgIpc) is 2.55. The Bertz CT molecular complexity index is 673. The minimum Gasteiger partial charge on any atom is -0.395 e. The Hall–Kier alpha value is -2.40. The van der Waals surface area contributed by atoms with Crippen LogP contribution in [0.1, 0.15) is 24.8 Å². The molecule has 2 aromatic carbocycles. The van der Waals surface area contributed by atoms with E-state index in [0.29, 0.717) is 12.2 Å². The molecule has 0 heterocycles. The molecular weight excluding hydrogens is 307 g/mol. The highest BCUT2D eigenvalue weighted by molar-refractivity contribution is 5.91. The maximum absolute atomic E-state index is 13.2. The standard InChI is InChI=1S/C19H23FN2O2/c1-14(15-4-3-5-16(20)13-15)12-19(24)21-17-6-8-18(9-7-17)22(2)10-11-23/h3-9,13-14,23H,10-12H2,1-2H3,(H,21,24). The molecule has 0 radical (unpaired) electrons. The first-order valence-electron chi connectivity index (χ1n) is 7.97. The lowest BCUT2D eigenvalue weighted by atomic mass is 9.97. The number of carbonyl (C=O) groups excluding carboxylic acids is 1. The molecule has 1 atom stereocenters. The van der Waals surface area contributed by atoms with Crippen LogP contribution in [0.4, 0.5) is 15.8 Å². The van der Waals surface area contributed by atoms with Crippen molar-refractivity contribution in [3.8, 4) is 0 Å². The molecule has 1 unspecified atom stereocenters. The molecule has 128 valence electrons. The molecule has 4 nitrogen and oxygen atoms in total. The van der Waals surface area contributed by atoms with Gasteiger partial charge in [0.15, 0.2) is 0 Å². The smallest absolute Gasteiger partial charge is 0.224 e. The van der Waals surface area contributed by atoms with Crippen molar-refractivity contribution in [1.29, 1.82) is 0 Å². The van der Waals surface area contributed by atoms with Crippen molar-refractivity contribution in [2.24, 2.45) is 0 Å². The van der Waals surface area contributed by atoms with E-state index in [4.69, 9.17) is 5.11 Å². The summed E-state index contributed by atoms with van der Waals surface area (Å²) in [5, 5.41) is 11.8. The fourth-order valence-electron chi connectivity index (χ4n) is 2.50. The molecule has 0 bridgehead atoms. The fourth-order valence-corrected chi connectivity index (χ4v) is 2.50. The Morgan fingerprint density at radius 3 is 2.58 bits per heavy atom. The van der Waals surface area contributed by atoms with Gasteiger partial charge in [0.25, 0.3) is 0 Å². The SMILES string of the molecule is CC(CC(=O)Nc1ccc(N(C)CCO)cc1)c1cccc(F)c1. The lowest BCUT2D eigenvalue weighted by molar-refractivity contribution is -0.116. The van der Waals surface area contributed by atoms with Crippen molar-refractivity contribution < 1.29 is 14.3 Å². The number of rotatable bonds is 7. The van der Waals surface area contributed by atoms with Gasteiger partial charge in [-0.3, -0.25) is 4.79 Å². The third-order valence-electron chi connectivity index (χ3n) is 3.94. The number of likely N-dealkylation sites (N-methyl/N-ethyl adjacent to an activating group) is 1. The summed E-state index contributed by atoms with van der Waals surface area (Å²) < 4.78 is 13.2. The minimum absolute atomic E-state index is 0.0596. The van der Waals surface area contributed by atoms with Crippen LogP contribution in [0.2, 0.25) is 0 Å². The number of carbonyl (C=O) groups is 1. The fraction of sp³-hybridized carbons (Fsp3) is 0.316. The second kappa shape index (κ2) is 8.45. The van der Waals surface area contributed by atoms with Crippen molar-refractivity contribution in [1.82, 2.24) is 0 Å². The third-order valence-corrected chi connectivity index (χ3v) is 3.94. The van der Waals surface area contributed by atoms with E-state index in [2.05, 4.69) is 5.32 Å². The van der Waals surface area contributed by atoms with E-state index in [0.717, 1.165) is 11.3 Å². The number of benzene rings is 2. The normalized spacial score (nSPS) is 11.8. The minimum atomic E-state index is -0.289. The first-order chi connectivity index (χ1) is 11.5. The molecule has 0 aliphatic rings. The van der Waals surface area contributed by atoms with Gasteiger partial charge < -0.3 is 15.3 Å². The summed E-state index contributed by atoms with van der Waals surface area (Å²) in [5.74, 6) is -0.457. The number of nitrogens with zero attached hydrogens (tertiary/aromatic N) is 1. The lowest BCUT2D eigenvalue weighted by Crippen LogP contribution is -2.21. The largest absolute Gasteiger partial charge is 0.395 e. The molecular formula is C19H23FN2O2. The lowest BCUT2D eigenvalue weighted by Gasteiger charge is -2.18. The third kappa shape index (κ3) is 5.06. The summed E-state index contributed by atoms with van der Waals surface area (Å²) in [7, 11) is 1.89. The molecule has 0 spiro atoms. The van der Waals surface area contributed by atoms with E-state index in [1.165, 1.54) is 12.1 Å². The number of hydrogen-bond acceptors (Lipinski definition) is 3. The highest BCUT2D eigenvalue weighted by atomic mass is 19.1. The Morgan fingerprint density at radius 1 is 1.25 bits per heavy atom. The zero-order chi connectivity index (χ0) is 17.5. The summed E-state index contributed by atoms with van der Waals surface area (Å²) in [5.41, 5.74) is 2.49. The molecule has 5 heteroatoms. The van der Waals surface area contributed by atoms with Gasteiger partial charge in [0.2, 0.25) is 5.91 Å². The summed E-state index contributed by atoms with van der Waals surface area (Å²) in [4.78, 5) is 14.1. The molecule has 0 aliphatic carbocycles. The van der Waals surface area contributed by atoms with E-state index >= 15 is 0 Å². The van der Waals surface area contributed by atoms with Crippen molar-refractivity contribution in [2.75, 3.05) is 30.4 Å². The number of nitrogens with one attached hydrogen (secondary N) is 1. The summed E-state index contributed by atoms with van der Waals surface area (Å²) in [6.45, 7) is 2.55. The number of aliphatic hydroxyl groups is 1. The van der Waals surface area contributed by atoms with E-state index < -0.39 is 0 Å². The maximum atomic E-state index is 13.2. The van der Waals surface area contributed by atoms with Gasteiger partial charge in [0.05, 0.1) is 6.61 Å². The van der Waals surface area contributed by atoms with Crippen LogP contribution >= 0.6 is 0 Å². The first kappa shape index (κ1) is 17.9. The van der Waals surface area contributed by atoms with E-state index in [1.54, 1.807) is 6.07 Å². The molecule has 1 amide bonds. The molecule has 2 N–H and O–H groups in total. The quantitative estimate of drug-likeness (QED) is 0.818. The molecule has 0 aliphatic heterocycles. The van der Waals surface area contributed by atoms with Crippen LogP contribution in [0.3, 0.4) is 0 Å². The van der Waals surface area contributed by atoms with Crippen LogP contribution in [0.25, 0.3) is 0 Å². The van der Waals surface area contributed by atoms with Crippen molar-refractivity contribution >= 4 is 17.3 Å². The zero-order valence-corrected chi connectivity index (χ0v) is 14.0. The number of aliphatic hydroxyl groups excluding tert-OH is 1. The van der Waals surface area contributed by atoms with Gasteiger partial charge in [-0.2, -0.15) is 0 Å². The second-order valence-corrected chi connectivity index (χ2v) is 5.90. The van der Waals surface area contributed by atoms with Crippen LogP contribution in [0.5, 0.6) is 0 Å². The predicted octanol–water partition coefficient (Wildman–Crippen LogP) is 3.39. The maximum Gasteiger partial charge on any atom is 0.224 e. The van der Waals surface area contributed by atoms with Gasteiger partial charge in [0.1, 0.15) is 5.82 Å². The van der Waals surface area contributed by atoms with Crippen molar-refractivity contribution in [2.45, 2.75) is 19.3 Å². The van der Waals surface area contributed by atoms with Gasteiger partial charge in [0, 0.05) is 31.4 Å². The first-order valence-corrected chi connectivity index (χ1v) is 7.97. The number of amides is 1. The molecule has 0 saturated heterocycles. The molecule has 2 rings (SSSR count). The van der Waals surface area contributed by atoms with Crippen molar-refractivity contribution in [3.05, 3.63) is 59.9 Å².